The van der Waals surface area contributed by atoms with E-state index in [9.17, 15) is 0 Å². The fraction of sp³-hybridized carbons (Fsp3) is 0. The smallest absolute Gasteiger partial charge is 0.138 e. The van der Waals surface area contributed by atoms with Crippen LogP contribution in [0.1, 0.15) is 0 Å². The summed E-state index contributed by atoms with van der Waals surface area (Å²) in [7, 11) is 0. The van der Waals surface area contributed by atoms with Gasteiger partial charge in [0.25, 0.3) is 0 Å². The Morgan fingerprint density at radius 2 is 0.522 bits per heavy atom. The molecule has 0 fully saturated rings. The van der Waals surface area contributed by atoms with Crippen LogP contribution in [-0.2, 0) is 0 Å². The first kappa shape index (κ1) is 65.1. The van der Waals surface area contributed by atoms with Gasteiger partial charge in [-0.1, -0.05) is 231 Å². The molecule has 536 valence electrons. The zero-order chi connectivity index (χ0) is 75.1. The van der Waals surface area contributed by atoms with Crippen LogP contribution in [0.5, 0.6) is 0 Å². The minimum absolute atomic E-state index is 0.918. The van der Waals surface area contributed by atoms with E-state index in [0.717, 1.165) is 105 Å². The van der Waals surface area contributed by atoms with Crippen molar-refractivity contribution < 1.29 is 0 Å². The first-order valence-corrected chi connectivity index (χ1v) is 43.0. The van der Waals surface area contributed by atoms with Crippen molar-refractivity contribution in [2.75, 3.05) is 0 Å². The van der Waals surface area contributed by atoms with Gasteiger partial charge in [-0.15, -0.1) is 68.0 Å². The summed E-state index contributed by atoms with van der Waals surface area (Å²) in [5, 5.41) is 16.9. The number of thiophene rings is 6. The lowest BCUT2D eigenvalue weighted by molar-refractivity contribution is 1.11. The molecule has 0 aliphatic heterocycles. The van der Waals surface area contributed by atoms with Gasteiger partial charge in [0.2, 0.25) is 0 Å². The standard InChI is InChI=1S/C38H21N3S2.C34H19N3S2.C28H15N3S2/c1-2-8-25-21-26(16-13-22(25)7-1)29-19-17-23-14-15-24-18-20-32(40-34(24)33(23)39-29)41-30-11-5-3-9-27(30)36-35(41)38-37(43-36)28-10-4-6-12-31(28)42-38;1-2-8-20(9-3-1)25-18-16-21-14-15-22-17-19-28(36-30(22)29(21)35-25)37-26-12-6-4-10-23(26)32-31(37)34-33(39-32)24-11-5-7-13-27(24)38-34;1-3-9-20-18(7-1)26-25(28-27(33-26)19-8-2-4-10-21(19)32-28)31(20)22-14-13-17-12-11-16-6-5-15-29-23(16)24(17)30-22/h1-21H;1-19H;1-15H. The molecule has 0 saturated carbocycles. The molecule has 0 atom stereocenters. The number of pyridine rings is 6. The molecule has 0 radical (unpaired) electrons. The van der Waals surface area contributed by atoms with Crippen molar-refractivity contribution in [2.24, 2.45) is 0 Å². The molecule has 0 saturated heterocycles. The Hall–Kier alpha value is -13.5. The molecule has 0 N–H and O–H groups in total. The van der Waals surface area contributed by atoms with Crippen molar-refractivity contribution >= 4 is 266 Å². The molecular weight excluding hydrogens is 1520 g/mol. The number of rotatable bonds is 5. The SMILES string of the molecule is c1ccc(-c2ccc3ccc4ccc(-n5c6ccccc6c6sc7c8ccccc8sc7c65)nc4c3n2)cc1.c1ccc2cc(-c3ccc4ccc5ccc(-n6c7ccccc7c7sc8c9ccccc9sc8c76)nc5c4n3)ccc2c1.c1cnc2c(c1)ccc1ccc(-n3c4ccccc4c4sc5c6ccccc6sc5c43)nc12. The highest BCUT2D eigenvalue weighted by atomic mass is 32.1. The second kappa shape index (κ2) is 25.5. The molecule has 0 bridgehead atoms. The van der Waals surface area contributed by atoms with Gasteiger partial charge < -0.3 is 0 Å². The highest BCUT2D eigenvalue weighted by molar-refractivity contribution is 7.38. The predicted molar refractivity (Wildman–Crippen MR) is 495 cm³/mol. The average Bonchev–Trinajstić information content (AvgIpc) is 1.56. The Morgan fingerprint density at radius 3 is 0.965 bits per heavy atom. The Kier molecular flexibility index (Phi) is 14.4. The summed E-state index contributed by atoms with van der Waals surface area (Å²) in [6, 6.07) is 116. The van der Waals surface area contributed by atoms with Crippen LogP contribution in [0.25, 0.3) is 238 Å². The molecule has 15 heteroatoms. The van der Waals surface area contributed by atoms with Crippen LogP contribution in [0.2, 0.25) is 0 Å². The summed E-state index contributed by atoms with van der Waals surface area (Å²) in [6.45, 7) is 0. The van der Waals surface area contributed by atoms with Gasteiger partial charge >= 0.3 is 0 Å². The Labute approximate surface area is 677 Å². The summed E-state index contributed by atoms with van der Waals surface area (Å²) >= 11 is 11.3. The normalized spacial score (nSPS) is 12.2. The lowest BCUT2D eigenvalue weighted by Crippen LogP contribution is -1.98. The van der Waals surface area contributed by atoms with Crippen molar-refractivity contribution in [1.82, 2.24) is 43.6 Å². The molecule has 0 aliphatic carbocycles. The van der Waals surface area contributed by atoms with Crippen LogP contribution in [-0.4, -0.2) is 43.6 Å². The minimum Gasteiger partial charge on any atom is -0.291 e. The molecule has 27 aromatic rings. The summed E-state index contributed by atoms with van der Waals surface area (Å²) in [5.41, 5.74) is 17.0. The zero-order valence-electron chi connectivity index (χ0n) is 60.7. The second-order valence-corrected chi connectivity index (χ2v) is 35.3. The maximum absolute atomic E-state index is 5.38. The zero-order valence-corrected chi connectivity index (χ0v) is 65.6. The van der Waals surface area contributed by atoms with E-state index >= 15 is 0 Å². The van der Waals surface area contributed by atoms with E-state index in [1.165, 1.54) is 133 Å². The number of fused-ring (bicyclic) bond motifs is 31. The molecule has 0 spiro atoms. The molecule has 15 heterocycles. The first-order valence-electron chi connectivity index (χ1n) is 38.1. The van der Waals surface area contributed by atoms with Crippen LogP contribution >= 0.6 is 68.0 Å². The second-order valence-electron chi connectivity index (χ2n) is 29.1. The summed E-state index contributed by atoms with van der Waals surface area (Å²) < 4.78 is 23.1. The van der Waals surface area contributed by atoms with Gasteiger partial charge in [0.05, 0.1) is 120 Å². The number of nitrogens with zero attached hydrogens (tertiary/aromatic N) is 9. The third kappa shape index (κ3) is 10.1. The maximum Gasteiger partial charge on any atom is 0.138 e. The van der Waals surface area contributed by atoms with Crippen molar-refractivity contribution in [3.8, 4) is 40.0 Å². The maximum atomic E-state index is 5.38. The Balaban J connectivity index is 0.0000000978. The predicted octanol–water partition coefficient (Wildman–Crippen LogP) is 29.4. The molecule has 0 aliphatic rings. The number of para-hydroxylation sites is 3. The number of aromatic nitrogens is 9. The highest BCUT2D eigenvalue weighted by Crippen LogP contribution is 2.52. The molecule has 12 aromatic carbocycles. The summed E-state index contributed by atoms with van der Waals surface area (Å²) in [6.07, 6.45) is 1.85. The quantitative estimate of drug-likeness (QED) is 0.159. The van der Waals surface area contributed by atoms with Gasteiger partial charge in [0.1, 0.15) is 17.5 Å². The van der Waals surface area contributed by atoms with E-state index in [1.807, 2.05) is 86.4 Å². The fourth-order valence-electron chi connectivity index (χ4n) is 17.3. The lowest BCUT2D eigenvalue weighted by Gasteiger charge is -2.10. The van der Waals surface area contributed by atoms with E-state index in [1.54, 1.807) is 0 Å². The van der Waals surface area contributed by atoms with Crippen LogP contribution in [0, 0.1) is 0 Å². The van der Waals surface area contributed by atoms with Crippen LogP contribution < -0.4 is 0 Å². The number of hydrogen-bond acceptors (Lipinski definition) is 12. The van der Waals surface area contributed by atoms with Crippen LogP contribution in [0.4, 0.5) is 0 Å². The number of benzene rings is 12. The molecule has 15 aromatic heterocycles. The van der Waals surface area contributed by atoms with Crippen molar-refractivity contribution in [2.45, 2.75) is 0 Å². The first-order chi connectivity index (χ1) is 57.0. The number of hydrogen-bond donors (Lipinski definition) is 0. The fourth-order valence-corrected chi connectivity index (χ4v) is 25.6. The lowest BCUT2D eigenvalue weighted by atomic mass is 10.0. The van der Waals surface area contributed by atoms with Gasteiger partial charge in [-0.3, -0.25) is 18.7 Å². The van der Waals surface area contributed by atoms with Gasteiger partial charge in [-0.25, -0.2) is 24.9 Å². The summed E-state index contributed by atoms with van der Waals surface area (Å²) in [4.78, 5) is 30.9. The van der Waals surface area contributed by atoms with Gasteiger partial charge in [0.15, 0.2) is 0 Å². The van der Waals surface area contributed by atoms with E-state index in [0.29, 0.717) is 0 Å². The van der Waals surface area contributed by atoms with Crippen LogP contribution in [0.15, 0.2) is 334 Å². The van der Waals surface area contributed by atoms with Crippen molar-refractivity contribution in [3.05, 3.63) is 334 Å². The minimum atomic E-state index is 0.918. The van der Waals surface area contributed by atoms with Crippen molar-refractivity contribution in [3.63, 3.8) is 0 Å². The Bertz CT molecular complexity index is 8790. The topological polar surface area (TPSA) is 92.1 Å². The van der Waals surface area contributed by atoms with Crippen molar-refractivity contribution in [1.29, 1.82) is 0 Å². The average molecular weight is 1580 g/mol. The van der Waals surface area contributed by atoms with Gasteiger partial charge in [0, 0.05) is 96.1 Å². The van der Waals surface area contributed by atoms with Gasteiger partial charge in [-0.05, 0) is 108 Å². The molecule has 9 nitrogen and oxygen atoms in total. The third-order valence-corrected chi connectivity index (χ3v) is 30.3. The highest BCUT2D eigenvalue weighted by Gasteiger charge is 2.26. The van der Waals surface area contributed by atoms with E-state index in [2.05, 4.69) is 334 Å². The molecule has 27 rings (SSSR count). The molecular formula is C100H55N9S6. The summed E-state index contributed by atoms with van der Waals surface area (Å²) in [5.74, 6) is 2.77. The Morgan fingerprint density at radius 1 is 0.200 bits per heavy atom. The van der Waals surface area contributed by atoms with E-state index < -0.39 is 0 Å². The largest absolute Gasteiger partial charge is 0.291 e. The third-order valence-electron chi connectivity index (χ3n) is 22.6. The monoisotopic (exact) mass is 1570 g/mol. The van der Waals surface area contributed by atoms with E-state index in [4.69, 9.17) is 24.9 Å². The molecule has 0 unspecified atom stereocenters. The van der Waals surface area contributed by atoms with Gasteiger partial charge in [-0.2, -0.15) is 0 Å². The van der Waals surface area contributed by atoms with Crippen LogP contribution in [0.3, 0.4) is 0 Å². The molecule has 0 amide bonds. The molecule has 115 heavy (non-hydrogen) atoms. The van der Waals surface area contributed by atoms with E-state index in [-0.39, 0.29) is 0 Å².